The molecule has 122 valence electrons. The fourth-order valence-corrected chi connectivity index (χ4v) is 2.77. The van der Waals surface area contributed by atoms with E-state index >= 15 is 0 Å². The van der Waals surface area contributed by atoms with E-state index in [2.05, 4.69) is 5.32 Å². The normalized spacial score (nSPS) is 11.2. The summed E-state index contributed by atoms with van der Waals surface area (Å²) in [6, 6.07) is 18.1. The summed E-state index contributed by atoms with van der Waals surface area (Å²) in [6.45, 7) is 1.33. The Morgan fingerprint density at radius 3 is 2.54 bits per heavy atom. The third kappa shape index (κ3) is 5.14. The van der Waals surface area contributed by atoms with Crippen LogP contribution in [0.4, 0.5) is 5.69 Å². The van der Waals surface area contributed by atoms with E-state index in [0.717, 1.165) is 4.90 Å². The van der Waals surface area contributed by atoms with Gasteiger partial charge in [-0.3, -0.25) is 9.59 Å². The van der Waals surface area contributed by atoms with Gasteiger partial charge in [-0.1, -0.05) is 30.3 Å². The minimum atomic E-state index is -0.483. The molecule has 0 bridgehead atoms. The SMILES string of the molecule is C[C@@H](Sc1ccccc1)C(=O)OCC(=O)Nc1ccccc1C#N. The van der Waals surface area contributed by atoms with E-state index < -0.39 is 23.7 Å². The number of nitrogens with zero attached hydrogens (tertiary/aromatic N) is 1. The average Bonchev–Trinajstić information content (AvgIpc) is 2.61. The highest BCUT2D eigenvalue weighted by Gasteiger charge is 2.17. The maximum absolute atomic E-state index is 12.0. The highest BCUT2D eigenvalue weighted by Crippen LogP contribution is 2.23. The average molecular weight is 340 g/mol. The van der Waals surface area contributed by atoms with Gasteiger partial charge in [-0.2, -0.15) is 5.26 Å². The fourth-order valence-electron chi connectivity index (χ4n) is 1.88. The van der Waals surface area contributed by atoms with E-state index in [1.165, 1.54) is 11.8 Å². The maximum Gasteiger partial charge on any atom is 0.319 e. The molecule has 2 aromatic carbocycles. The molecule has 0 aliphatic heterocycles. The van der Waals surface area contributed by atoms with Gasteiger partial charge in [-0.25, -0.2) is 0 Å². The topological polar surface area (TPSA) is 79.2 Å². The number of rotatable bonds is 6. The monoisotopic (exact) mass is 340 g/mol. The highest BCUT2D eigenvalue weighted by atomic mass is 32.2. The lowest BCUT2D eigenvalue weighted by Crippen LogP contribution is -2.25. The lowest BCUT2D eigenvalue weighted by Gasteiger charge is -2.11. The van der Waals surface area contributed by atoms with Crippen molar-refractivity contribution >= 4 is 29.3 Å². The van der Waals surface area contributed by atoms with Gasteiger partial charge < -0.3 is 10.1 Å². The number of nitrogens with one attached hydrogen (secondary N) is 1. The molecular formula is C18H16N2O3S. The number of nitriles is 1. The summed E-state index contributed by atoms with van der Waals surface area (Å²) >= 11 is 1.36. The van der Waals surface area contributed by atoms with E-state index in [0.29, 0.717) is 11.3 Å². The van der Waals surface area contributed by atoms with Crippen molar-refractivity contribution in [2.45, 2.75) is 17.1 Å². The fraction of sp³-hybridized carbons (Fsp3) is 0.167. The van der Waals surface area contributed by atoms with Crippen molar-refractivity contribution < 1.29 is 14.3 Å². The van der Waals surface area contributed by atoms with Crippen molar-refractivity contribution in [3.63, 3.8) is 0 Å². The van der Waals surface area contributed by atoms with Crippen LogP contribution in [0.15, 0.2) is 59.5 Å². The van der Waals surface area contributed by atoms with Crippen LogP contribution in [0.25, 0.3) is 0 Å². The van der Waals surface area contributed by atoms with Crippen molar-refractivity contribution in [2.24, 2.45) is 0 Å². The van der Waals surface area contributed by atoms with E-state index in [9.17, 15) is 9.59 Å². The van der Waals surface area contributed by atoms with Crippen LogP contribution in [0.2, 0.25) is 0 Å². The second-order valence-corrected chi connectivity index (χ2v) is 6.30. The van der Waals surface area contributed by atoms with Gasteiger partial charge in [0.15, 0.2) is 6.61 Å². The lowest BCUT2D eigenvalue weighted by atomic mass is 10.2. The maximum atomic E-state index is 12.0. The van der Waals surface area contributed by atoms with Crippen LogP contribution >= 0.6 is 11.8 Å². The molecule has 0 aliphatic carbocycles. The van der Waals surface area contributed by atoms with Crippen LogP contribution in [0.5, 0.6) is 0 Å². The zero-order valence-electron chi connectivity index (χ0n) is 13.1. The van der Waals surface area contributed by atoms with Gasteiger partial charge in [0.1, 0.15) is 11.3 Å². The Kier molecular flexibility index (Phi) is 6.41. The molecule has 0 heterocycles. The molecule has 2 rings (SSSR count). The smallest absolute Gasteiger partial charge is 0.319 e. The summed E-state index contributed by atoms with van der Waals surface area (Å²) in [5, 5.41) is 11.1. The van der Waals surface area contributed by atoms with Gasteiger partial charge in [0.2, 0.25) is 0 Å². The zero-order valence-corrected chi connectivity index (χ0v) is 13.9. The molecule has 0 radical (unpaired) electrons. The number of anilines is 1. The van der Waals surface area contributed by atoms with Crippen LogP contribution in [-0.4, -0.2) is 23.7 Å². The first-order chi connectivity index (χ1) is 11.6. The summed E-state index contributed by atoms with van der Waals surface area (Å²) in [7, 11) is 0. The van der Waals surface area contributed by atoms with Gasteiger partial charge in [0.05, 0.1) is 11.3 Å². The predicted molar refractivity (Wildman–Crippen MR) is 92.5 cm³/mol. The number of hydrogen-bond donors (Lipinski definition) is 1. The number of hydrogen-bond acceptors (Lipinski definition) is 5. The largest absolute Gasteiger partial charge is 0.455 e. The summed E-state index contributed by atoms with van der Waals surface area (Å²) < 4.78 is 5.03. The van der Waals surface area contributed by atoms with Gasteiger partial charge >= 0.3 is 5.97 Å². The van der Waals surface area contributed by atoms with Crippen molar-refractivity contribution in [1.29, 1.82) is 5.26 Å². The predicted octanol–water partition coefficient (Wildman–Crippen LogP) is 3.22. The van der Waals surface area contributed by atoms with Crippen molar-refractivity contribution in [3.8, 4) is 6.07 Å². The number of benzene rings is 2. The van der Waals surface area contributed by atoms with Crippen molar-refractivity contribution in [1.82, 2.24) is 0 Å². The minimum Gasteiger partial charge on any atom is -0.455 e. The standard InChI is InChI=1S/C18H16N2O3S/c1-13(24-15-8-3-2-4-9-15)18(22)23-12-17(21)20-16-10-6-5-7-14(16)11-19/h2-10,13H,12H2,1H3,(H,20,21)/t13-/m1/s1. The number of carbonyl (C=O) groups excluding carboxylic acids is 2. The number of ether oxygens (including phenoxy) is 1. The molecule has 1 N–H and O–H groups in total. The first-order valence-electron chi connectivity index (χ1n) is 7.27. The Morgan fingerprint density at radius 1 is 1.17 bits per heavy atom. The van der Waals surface area contributed by atoms with Crippen molar-refractivity contribution in [2.75, 3.05) is 11.9 Å². The Bertz CT molecular complexity index is 756. The molecule has 6 heteroatoms. The quantitative estimate of drug-likeness (QED) is 0.645. The number of para-hydroxylation sites is 1. The third-order valence-electron chi connectivity index (χ3n) is 3.06. The number of esters is 1. The molecular weight excluding hydrogens is 324 g/mol. The van der Waals surface area contributed by atoms with Crippen molar-refractivity contribution in [3.05, 3.63) is 60.2 Å². The van der Waals surface area contributed by atoms with Crippen LogP contribution in [-0.2, 0) is 14.3 Å². The molecule has 1 atom stereocenters. The molecule has 5 nitrogen and oxygen atoms in total. The highest BCUT2D eigenvalue weighted by molar-refractivity contribution is 8.00. The molecule has 1 amide bonds. The number of amides is 1. The molecule has 0 unspecified atom stereocenters. The Labute approximate surface area is 144 Å². The van der Waals surface area contributed by atoms with Crippen LogP contribution in [0.1, 0.15) is 12.5 Å². The molecule has 0 aromatic heterocycles. The summed E-state index contributed by atoms with van der Waals surface area (Å²) in [5.74, 6) is -0.949. The van der Waals surface area contributed by atoms with Gasteiger partial charge in [0.25, 0.3) is 5.91 Å². The van der Waals surface area contributed by atoms with E-state index in [-0.39, 0.29) is 0 Å². The van der Waals surface area contributed by atoms with E-state index in [1.54, 1.807) is 31.2 Å². The Hall–Kier alpha value is -2.78. The molecule has 0 saturated heterocycles. The second kappa shape index (κ2) is 8.75. The molecule has 0 saturated carbocycles. The Morgan fingerprint density at radius 2 is 1.83 bits per heavy atom. The molecule has 0 spiro atoms. The summed E-state index contributed by atoms with van der Waals surface area (Å²) in [4.78, 5) is 24.8. The van der Waals surface area contributed by atoms with E-state index in [1.807, 2.05) is 36.4 Å². The number of carbonyl (C=O) groups is 2. The molecule has 2 aromatic rings. The van der Waals surface area contributed by atoms with Crippen LogP contribution < -0.4 is 5.32 Å². The van der Waals surface area contributed by atoms with Gasteiger partial charge in [-0.05, 0) is 31.2 Å². The first-order valence-corrected chi connectivity index (χ1v) is 8.15. The molecule has 0 fully saturated rings. The minimum absolute atomic E-state index is 0.352. The summed E-state index contributed by atoms with van der Waals surface area (Å²) in [5.41, 5.74) is 0.748. The number of thioether (sulfide) groups is 1. The lowest BCUT2D eigenvalue weighted by molar-refractivity contribution is -0.146. The zero-order chi connectivity index (χ0) is 17.4. The molecule has 0 aliphatic rings. The van der Waals surface area contributed by atoms with Crippen LogP contribution in [0, 0.1) is 11.3 Å². The summed E-state index contributed by atoms with van der Waals surface area (Å²) in [6.07, 6.45) is 0. The van der Waals surface area contributed by atoms with Gasteiger partial charge in [0, 0.05) is 4.90 Å². The van der Waals surface area contributed by atoms with Crippen LogP contribution in [0.3, 0.4) is 0 Å². The second-order valence-electron chi connectivity index (χ2n) is 4.89. The third-order valence-corrected chi connectivity index (χ3v) is 4.15. The first kappa shape index (κ1) is 17.6. The van der Waals surface area contributed by atoms with E-state index in [4.69, 9.17) is 10.00 Å². The Balaban J connectivity index is 1.83. The molecule has 24 heavy (non-hydrogen) atoms. The van der Waals surface area contributed by atoms with Gasteiger partial charge in [-0.15, -0.1) is 11.8 Å².